The topological polar surface area (TPSA) is 50.7 Å². The van der Waals surface area contributed by atoms with E-state index in [1.807, 2.05) is 0 Å². The van der Waals surface area contributed by atoms with Crippen LogP contribution in [0.3, 0.4) is 0 Å². The Labute approximate surface area is 96.6 Å². The highest BCUT2D eigenvalue weighted by Gasteiger charge is 2.30. The van der Waals surface area contributed by atoms with Crippen molar-refractivity contribution in [2.75, 3.05) is 7.05 Å². The van der Waals surface area contributed by atoms with Crippen LogP contribution in [-0.4, -0.2) is 30.7 Å². The van der Waals surface area contributed by atoms with Gasteiger partial charge in [0.1, 0.15) is 6.10 Å². The van der Waals surface area contributed by atoms with Gasteiger partial charge in [0.2, 0.25) is 6.29 Å². The molecule has 2 N–H and O–H groups in total. The molecular weight excluding hydrogens is 206 g/mol. The van der Waals surface area contributed by atoms with Crippen molar-refractivity contribution < 1.29 is 14.7 Å². The molecular formula is C12H21NO3. The van der Waals surface area contributed by atoms with E-state index in [0.29, 0.717) is 0 Å². The second-order valence-corrected chi connectivity index (χ2v) is 4.53. The lowest BCUT2D eigenvalue weighted by atomic mass is 10.0. The summed E-state index contributed by atoms with van der Waals surface area (Å²) in [7, 11) is 1.68. The number of hydrogen-bond acceptors (Lipinski definition) is 4. The van der Waals surface area contributed by atoms with Crippen LogP contribution in [0.5, 0.6) is 0 Å². The van der Waals surface area contributed by atoms with Crippen LogP contribution in [0.25, 0.3) is 0 Å². The van der Waals surface area contributed by atoms with Crippen LogP contribution in [0.15, 0.2) is 11.6 Å². The zero-order chi connectivity index (χ0) is 11.4. The average Bonchev–Trinajstić information content (AvgIpc) is 3.07. The molecule has 92 valence electrons. The predicted octanol–water partition coefficient (Wildman–Crippen LogP) is 1.50. The van der Waals surface area contributed by atoms with E-state index in [1.165, 1.54) is 12.8 Å². The van der Waals surface area contributed by atoms with E-state index in [1.54, 1.807) is 12.6 Å². The van der Waals surface area contributed by atoms with E-state index in [9.17, 15) is 5.11 Å². The summed E-state index contributed by atoms with van der Waals surface area (Å²) in [5.74, 6) is 0. The Morgan fingerprint density at radius 3 is 3.00 bits per heavy atom. The van der Waals surface area contributed by atoms with Gasteiger partial charge in [-0.05, 0) is 38.5 Å². The fourth-order valence-electron chi connectivity index (χ4n) is 2.03. The third kappa shape index (κ3) is 3.56. The first kappa shape index (κ1) is 12.0. The summed E-state index contributed by atoms with van der Waals surface area (Å²) in [6.07, 6.45) is 7.89. The Bertz CT molecular complexity index is 249. The molecule has 2 rings (SSSR count). The zero-order valence-corrected chi connectivity index (χ0v) is 9.82. The second-order valence-electron chi connectivity index (χ2n) is 4.53. The molecule has 2 aliphatic rings. The Kier molecular flexibility index (Phi) is 4.35. The maximum Gasteiger partial charge on any atom is 0.203 e. The van der Waals surface area contributed by atoms with Crippen molar-refractivity contribution in [1.29, 1.82) is 0 Å². The first-order valence-electron chi connectivity index (χ1n) is 6.13. The number of nitrogens with one attached hydrogen (secondary N) is 1. The largest absolute Gasteiger partial charge is 0.388 e. The van der Waals surface area contributed by atoms with Crippen molar-refractivity contribution in [3.8, 4) is 0 Å². The van der Waals surface area contributed by atoms with Crippen LogP contribution in [0.2, 0.25) is 0 Å². The van der Waals surface area contributed by atoms with Gasteiger partial charge in [0.05, 0.1) is 6.10 Å². The molecule has 0 spiro atoms. The van der Waals surface area contributed by atoms with Gasteiger partial charge in [0.15, 0.2) is 0 Å². The number of allylic oxidation sites excluding steroid dienone is 2. The van der Waals surface area contributed by atoms with Crippen LogP contribution in [0.4, 0.5) is 0 Å². The summed E-state index contributed by atoms with van der Waals surface area (Å²) in [6.45, 7) is 0. The minimum absolute atomic E-state index is 0.220. The van der Waals surface area contributed by atoms with Crippen molar-refractivity contribution in [2.45, 2.75) is 57.0 Å². The lowest BCUT2D eigenvalue weighted by Gasteiger charge is -2.32. The minimum Gasteiger partial charge on any atom is -0.388 e. The van der Waals surface area contributed by atoms with Gasteiger partial charge in [0.25, 0.3) is 0 Å². The molecule has 0 aromatic carbocycles. The van der Waals surface area contributed by atoms with E-state index >= 15 is 0 Å². The van der Waals surface area contributed by atoms with Crippen molar-refractivity contribution in [3.05, 3.63) is 11.6 Å². The molecule has 1 aliphatic heterocycles. The molecule has 2 fully saturated rings. The predicted molar refractivity (Wildman–Crippen MR) is 60.6 cm³/mol. The van der Waals surface area contributed by atoms with Crippen LogP contribution < -0.4 is 5.48 Å². The first-order chi connectivity index (χ1) is 7.79. The normalized spacial score (nSPS) is 33.9. The van der Waals surface area contributed by atoms with E-state index in [4.69, 9.17) is 9.57 Å². The molecule has 3 atom stereocenters. The lowest BCUT2D eigenvalue weighted by Crippen LogP contribution is -2.42. The molecule has 0 aromatic heterocycles. The number of aliphatic hydroxyl groups excluding tert-OH is 1. The number of hydrogen-bond donors (Lipinski definition) is 2. The second kappa shape index (κ2) is 5.77. The molecule has 1 heterocycles. The molecule has 0 amide bonds. The van der Waals surface area contributed by atoms with Crippen molar-refractivity contribution >= 4 is 0 Å². The molecule has 0 bridgehead atoms. The Balaban J connectivity index is 1.71. The lowest BCUT2D eigenvalue weighted by molar-refractivity contribution is -0.260. The van der Waals surface area contributed by atoms with E-state index in [2.05, 4.69) is 11.6 Å². The van der Waals surface area contributed by atoms with Gasteiger partial charge in [-0.25, -0.2) is 5.48 Å². The minimum atomic E-state index is -0.516. The highest BCUT2D eigenvalue weighted by molar-refractivity contribution is 5.15. The van der Waals surface area contributed by atoms with Crippen LogP contribution in [-0.2, 0) is 9.57 Å². The van der Waals surface area contributed by atoms with Gasteiger partial charge in [-0.3, -0.25) is 4.84 Å². The fourth-order valence-corrected chi connectivity index (χ4v) is 2.03. The molecule has 1 aliphatic carbocycles. The summed E-state index contributed by atoms with van der Waals surface area (Å²) in [5.41, 5.74) is 4.16. The quantitative estimate of drug-likeness (QED) is 0.552. The molecule has 1 saturated heterocycles. The van der Waals surface area contributed by atoms with Gasteiger partial charge < -0.3 is 9.84 Å². The third-order valence-electron chi connectivity index (χ3n) is 3.12. The average molecular weight is 227 g/mol. The molecule has 16 heavy (non-hydrogen) atoms. The smallest absolute Gasteiger partial charge is 0.203 e. The van der Waals surface area contributed by atoms with E-state index in [-0.39, 0.29) is 6.10 Å². The summed E-state index contributed by atoms with van der Waals surface area (Å²) in [6, 6.07) is 0. The van der Waals surface area contributed by atoms with E-state index < -0.39 is 12.4 Å². The van der Waals surface area contributed by atoms with Crippen molar-refractivity contribution in [3.63, 3.8) is 0 Å². The van der Waals surface area contributed by atoms with E-state index in [0.717, 1.165) is 25.7 Å². The number of aliphatic hydroxyl groups is 1. The first-order valence-corrected chi connectivity index (χ1v) is 6.13. The van der Waals surface area contributed by atoms with Crippen LogP contribution in [0, 0.1) is 0 Å². The maximum absolute atomic E-state index is 9.64. The summed E-state index contributed by atoms with van der Waals surface area (Å²) >= 11 is 0. The zero-order valence-electron chi connectivity index (χ0n) is 9.82. The highest BCUT2D eigenvalue weighted by Crippen LogP contribution is 2.29. The van der Waals surface area contributed by atoms with Crippen molar-refractivity contribution in [2.24, 2.45) is 0 Å². The maximum atomic E-state index is 9.64. The van der Waals surface area contributed by atoms with Gasteiger partial charge in [-0.15, -0.1) is 0 Å². The molecule has 4 nitrogen and oxygen atoms in total. The monoisotopic (exact) mass is 227 g/mol. The fraction of sp³-hybridized carbons (Fsp3) is 0.833. The Hall–Kier alpha value is -0.420. The molecule has 1 saturated carbocycles. The van der Waals surface area contributed by atoms with Gasteiger partial charge >= 0.3 is 0 Å². The molecule has 3 unspecified atom stereocenters. The molecule has 0 aromatic rings. The summed E-state index contributed by atoms with van der Waals surface area (Å²) in [4.78, 5) is 5.13. The number of hydroxylamine groups is 1. The Morgan fingerprint density at radius 2 is 2.31 bits per heavy atom. The van der Waals surface area contributed by atoms with Crippen LogP contribution >= 0.6 is 0 Å². The molecule has 0 radical (unpaired) electrons. The summed E-state index contributed by atoms with van der Waals surface area (Å²) in [5, 5.41) is 9.64. The van der Waals surface area contributed by atoms with Gasteiger partial charge in [-0.1, -0.05) is 11.6 Å². The number of rotatable bonds is 5. The standard InChI is InChI=1S/C12H21NO3/c1-13-16-12-11(14)8-7-10(15-12)4-2-3-9-5-6-9/h3,10-14H,2,4-8H2,1H3. The third-order valence-corrected chi connectivity index (χ3v) is 3.12. The molecule has 4 heteroatoms. The van der Waals surface area contributed by atoms with Crippen molar-refractivity contribution in [1.82, 2.24) is 5.48 Å². The van der Waals surface area contributed by atoms with Gasteiger partial charge in [0, 0.05) is 7.05 Å². The van der Waals surface area contributed by atoms with Crippen LogP contribution in [0.1, 0.15) is 38.5 Å². The Morgan fingerprint density at radius 1 is 1.50 bits per heavy atom. The summed E-state index contributed by atoms with van der Waals surface area (Å²) < 4.78 is 5.68. The SMILES string of the molecule is CNOC1OC(CCC=C2CC2)CCC1O. The van der Waals surface area contributed by atoms with Gasteiger partial charge in [-0.2, -0.15) is 0 Å². The number of ether oxygens (including phenoxy) is 1. The highest BCUT2D eigenvalue weighted by atomic mass is 16.8.